The van der Waals surface area contributed by atoms with Crippen molar-refractivity contribution in [1.29, 1.82) is 0 Å². The molecule has 42 heavy (non-hydrogen) atoms. The maximum Gasteiger partial charge on any atom is 0.243 e. The molecule has 0 spiro atoms. The Morgan fingerprint density at radius 3 is 2.14 bits per heavy atom. The second-order valence-electron chi connectivity index (χ2n) is 12.2. The summed E-state index contributed by atoms with van der Waals surface area (Å²) in [4.78, 5) is 54.3. The molecule has 1 heterocycles. The smallest absolute Gasteiger partial charge is 0.243 e. The van der Waals surface area contributed by atoms with Gasteiger partial charge >= 0.3 is 0 Å². The zero-order valence-electron chi connectivity index (χ0n) is 26.4. The fourth-order valence-electron chi connectivity index (χ4n) is 5.35. The summed E-state index contributed by atoms with van der Waals surface area (Å²) in [5, 5.41) is 11.4. The fraction of sp³-hybridized carbons (Fsp3) is 0.697. The normalized spacial score (nSPS) is 20.7. The van der Waals surface area contributed by atoms with E-state index in [0.717, 1.165) is 45.2 Å². The van der Waals surface area contributed by atoms with E-state index >= 15 is 0 Å². The Morgan fingerprint density at radius 1 is 0.786 bits per heavy atom. The average Bonchev–Trinajstić information content (AvgIpc) is 2.96. The maximum atomic E-state index is 13.4. The lowest BCUT2D eigenvalue weighted by atomic mass is 9.99. The van der Waals surface area contributed by atoms with Crippen molar-refractivity contribution in [3.05, 3.63) is 35.9 Å². The summed E-state index contributed by atoms with van der Waals surface area (Å²) in [6, 6.07) is 8.37. The van der Waals surface area contributed by atoms with Crippen LogP contribution in [0.5, 0.6) is 0 Å². The quantitative estimate of drug-likeness (QED) is 0.218. The molecule has 4 amide bonds. The van der Waals surface area contributed by atoms with Gasteiger partial charge in [-0.05, 0) is 50.8 Å². The molecule has 1 aliphatic rings. The molecule has 0 aromatic heterocycles. The Balaban J connectivity index is 1.97. The lowest BCUT2D eigenvalue weighted by Gasteiger charge is -2.27. The molecule has 4 N–H and O–H groups in total. The minimum absolute atomic E-state index is 0.105. The van der Waals surface area contributed by atoms with Crippen molar-refractivity contribution >= 4 is 23.6 Å². The second-order valence-corrected chi connectivity index (χ2v) is 12.2. The van der Waals surface area contributed by atoms with Crippen molar-refractivity contribution in [2.75, 3.05) is 20.1 Å². The van der Waals surface area contributed by atoms with Crippen LogP contribution in [0.1, 0.15) is 103 Å². The van der Waals surface area contributed by atoms with Crippen LogP contribution in [0.15, 0.2) is 30.3 Å². The van der Waals surface area contributed by atoms with E-state index in [1.165, 1.54) is 31.2 Å². The summed E-state index contributed by atoms with van der Waals surface area (Å²) in [5.41, 5.74) is 1.24. The Hall–Kier alpha value is -2.94. The molecular formula is C33H55N5O4. The van der Waals surface area contributed by atoms with Crippen molar-refractivity contribution in [2.45, 2.75) is 122 Å². The molecule has 1 saturated heterocycles. The van der Waals surface area contributed by atoms with E-state index in [4.69, 9.17) is 0 Å². The first-order chi connectivity index (χ1) is 20.2. The third-order valence-corrected chi connectivity index (χ3v) is 7.86. The van der Waals surface area contributed by atoms with Crippen LogP contribution in [0, 0.1) is 5.92 Å². The standard InChI is InChI=1S/C33H55N5O4/c1-5-6-7-8-9-10-14-19-27-22-29(39)34-23-30(40)36-28(32(41)37-31(25(2)3)33(42)35-27)20-15-16-21-38(4)24-26-17-12-11-13-18-26/h11-13,17-18,25,27-28,31H,5-10,14-16,19-24H2,1-4H3,(H,34,39)(H,35,42)(H,36,40)(H,37,41)/t27?,28-,31?/m0/s1. The molecule has 236 valence electrons. The minimum atomic E-state index is -0.785. The van der Waals surface area contributed by atoms with Crippen LogP contribution < -0.4 is 21.3 Å². The Labute approximate surface area is 253 Å². The first kappa shape index (κ1) is 35.3. The number of hydrogen-bond donors (Lipinski definition) is 4. The molecule has 0 saturated carbocycles. The molecular weight excluding hydrogens is 530 g/mol. The maximum absolute atomic E-state index is 13.4. The van der Waals surface area contributed by atoms with Crippen LogP contribution in [0.25, 0.3) is 0 Å². The average molecular weight is 586 g/mol. The summed E-state index contributed by atoms with van der Waals surface area (Å²) < 4.78 is 0. The molecule has 0 aliphatic carbocycles. The zero-order chi connectivity index (χ0) is 30.7. The van der Waals surface area contributed by atoms with Gasteiger partial charge in [0, 0.05) is 19.0 Å². The Morgan fingerprint density at radius 2 is 1.45 bits per heavy atom. The molecule has 9 nitrogen and oxygen atoms in total. The van der Waals surface area contributed by atoms with E-state index in [-0.39, 0.29) is 42.6 Å². The number of rotatable bonds is 16. The number of nitrogens with one attached hydrogen (secondary N) is 4. The van der Waals surface area contributed by atoms with Crippen LogP contribution >= 0.6 is 0 Å². The molecule has 1 aromatic carbocycles. The van der Waals surface area contributed by atoms with Gasteiger partial charge in [0.1, 0.15) is 12.1 Å². The fourth-order valence-corrected chi connectivity index (χ4v) is 5.35. The predicted molar refractivity (Wildman–Crippen MR) is 167 cm³/mol. The third kappa shape index (κ3) is 14.3. The topological polar surface area (TPSA) is 120 Å². The Kier molecular flexibility index (Phi) is 16.8. The molecule has 1 aliphatic heterocycles. The van der Waals surface area contributed by atoms with Gasteiger partial charge in [-0.1, -0.05) is 96.0 Å². The van der Waals surface area contributed by atoms with Gasteiger partial charge in [-0.2, -0.15) is 0 Å². The van der Waals surface area contributed by atoms with E-state index in [1.807, 2.05) is 32.0 Å². The van der Waals surface area contributed by atoms with Gasteiger partial charge in [0.05, 0.1) is 6.54 Å². The van der Waals surface area contributed by atoms with E-state index in [9.17, 15) is 19.2 Å². The SMILES string of the molecule is CCCCCCCCCC1CC(=O)NCC(=O)N[C@@H](CCCCN(C)Cc2ccccc2)C(=O)NC(C(C)C)C(=O)N1. The van der Waals surface area contributed by atoms with Gasteiger partial charge in [-0.15, -0.1) is 0 Å². The third-order valence-electron chi connectivity index (χ3n) is 7.86. The van der Waals surface area contributed by atoms with Gasteiger partial charge in [-0.3, -0.25) is 19.2 Å². The summed E-state index contributed by atoms with van der Waals surface area (Å²) in [6.45, 7) is 7.46. The second kappa shape index (κ2) is 20.1. The number of unbranched alkanes of at least 4 members (excludes halogenated alkanes) is 7. The number of amides is 4. The van der Waals surface area contributed by atoms with E-state index in [2.05, 4.69) is 52.3 Å². The molecule has 0 bridgehead atoms. The number of hydrogen-bond acceptors (Lipinski definition) is 5. The molecule has 9 heteroatoms. The molecule has 2 rings (SSSR count). The first-order valence-corrected chi connectivity index (χ1v) is 16.1. The van der Waals surface area contributed by atoms with Crippen molar-refractivity contribution < 1.29 is 19.2 Å². The monoisotopic (exact) mass is 585 g/mol. The largest absolute Gasteiger partial charge is 0.351 e. The summed E-state index contributed by atoms with van der Waals surface area (Å²) in [6.07, 6.45) is 10.8. The summed E-state index contributed by atoms with van der Waals surface area (Å²) in [5.74, 6) is -1.51. The van der Waals surface area contributed by atoms with Gasteiger partial charge in [-0.25, -0.2) is 0 Å². The van der Waals surface area contributed by atoms with Crippen LogP contribution in [-0.4, -0.2) is 66.8 Å². The summed E-state index contributed by atoms with van der Waals surface area (Å²) >= 11 is 0. The molecule has 1 aromatic rings. The van der Waals surface area contributed by atoms with Gasteiger partial charge in [0.2, 0.25) is 23.6 Å². The number of nitrogens with zero attached hydrogens (tertiary/aromatic N) is 1. The number of benzene rings is 1. The van der Waals surface area contributed by atoms with Crippen molar-refractivity contribution in [1.82, 2.24) is 26.2 Å². The molecule has 2 unspecified atom stereocenters. The Bertz CT molecular complexity index is 955. The predicted octanol–water partition coefficient (Wildman–Crippen LogP) is 4.06. The zero-order valence-corrected chi connectivity index (χ0v) is 26.4. The lowest BCUT2D eigenvalue weighted by Crippen LogP contribution is -2.56. The first-order valence-electron chi connectivity index (χ1n) is 16.1. The van der Waals surface area contributed by atoms with Gasteiger partial charge < -0.3 is 26.2 Å². The molecule has 0 radical (unpaired) electrons. The highest BCUT2D eigenvalue weighted by Crippen LogP contribution is 2.13. The lowest BCUT2D eigenvalue weighted by molar-refractivity contribution is -0.133. The van der Waals surface area contributed by atoms with E-state index < -0.39 is 18.0 Å². The number of carbonyl (C=O) groups is 4. The minimum Gasteiger partial charge on any atom is -0.351 e. The highest BCUT2D eigenvalue weighted by Gasteiger charge is 2.31. The van der Waals surface area contributed by atoms with Gasteiger partial charge in [0.25, 0.3) is 0 Å². The molecule has 3 atom stereocenters. The van der Waals surface area contributed by atoms with Crippen molar-refractivity contribution in [2.24, 2.45) is 5.92 Å². The highest BCUT2D eigenvalue weighted by molar-refractivity contribution is 5.94. The molecule has 1 fully saturated rings. The van der Waals surface area contributed by atoms with Crippen LogP contribution in [0.3, 0.4) is 0 Å². The summed E-state index contributed by atoms with van der Waals surface area (Å²) in [7, 11) is 2.07. The van der Waals surface area contributed by atoms with Gasteiger partial charge in [0.15, 0.2) is 0 Å². The van der Waals surface area contributed by atoms with Crippen LogP contribution in [-0.2, 0) is 25.7 Å². The van der Waals surface area contributed by atoms with E-state index in [1.54, 1.807) is 0 Å². The van der Waals surface area contributed by atoms with E-state index in [0.29, 0.717) is 12.8 Å². The number of carbonyl (C=O) groups excluding carboxylic acids is 4. The highest BCUT2D eigenvalue weighted by atomic mass is 16.2. The van der Waals surface area contributed by atoms with Crippen LogP contribution in [0.4, 0.5) is 0 Å². The van der Waals surface area contributed by atoms with Crippen molar-refractivity contribution in [3.8, 4) is 0 Å². The van der Waals surface area contributed by atoms with Crippen LogP contribution in [0.2, 0.25) is 0 Å². The van der Waals surface area contributed by atoms with Crippen molar-refractivity contribution in [3.63, 3.8) is 0 Å².